The molecule has 0 fully saturated rings. The first-order valence-corrected chi connectivity index (χ1v) is 6.44. The third kappa shape index (κ3) is 6.22. The molecule has 1 rings (SSSR count). The van der Waals surface area contributed by atoms with E-state index in [2.05, 4.69) is 36.5 Å². The molecule has 0 aliphatic rings. The molecule has 0 aliphatic carbocycles. The van der Waals surface area contributed by atoms with Gasteiger partial charge in [0.2, 0.25) is 0 Å². The van der Waals surface area contributed by atoms with Gasteiger partial charge in [-0.3, -0.25) is 4.79 Å². The number of nitrogens with one attached hydrogen (secondary N) is 1. The molecule has 0 bridgehead atoms. The minimum absolute atomic E-state index is 0.396. The van der Waals surface area contributed by atoms with Crippen LogP contribution in [0.5, 0.6) is 0 Å². The molecule has 0 spiro atoms. The fourth-order valence-electron chi connectivity index (χ4n) is 1.83. The van der Waals surface area contributed by atoms with Gasteiger partial charge in [-0.2, -0.15) is 0 Å². The number of carbonyl (C=O) groups is 1. The predicted octanol–water partition coefficient (Wildman–Crippen LogP) is 2.89. The van der Waals surface area contributed by atoms with Crippen LogP contribution in [0.25, 0.3) is 0 Å². The quantitative estimate of drug-likeness (QED) is 0.700. The normalized spacial score (nSPS) is 10.5. The third-order valence-corrected chi connectivity index (χ3v) is 2.92. The molecule has 0 heterocycles. The molecule has 94 valence electrons. The number of carbonyl (C=O) groups excluding carboxylic acids is 1. The number of hydrogen-bond acceptors (Lipinski definition) is 2. The van der Waals surface area contributed by atoms with Crippen molar-refractivity contribution in [3.05, 3.63) is 35.4 Å². The fraction of sp³-hybridized carbons (Fsp3) is 0.533. The largest absolute Gasteiger partial charge is 0.320 e. The Kier molecular flexibility index (Phi) is 6.56. The molecule has 0 amide bonds. The van der Waals surface area contributed by atoms with Crippen LogP contribution in [0, 0.1) is 6.92 Å². The molecule has 2 nitrogen and oxygen atoms in total. The summed E-state index contributed by atoms with van der Waals surface area (Å²) < 4.78 is 0. The molecule has 0 atom stereocenters. The Balaban J connectivity index is 2.14. The van der Waals surface area contributed by atoms with E-state index in [9.17, 15) is 4.79 Å². The summed E-state index contributed by atoms with van der Waals surface area (Å²) in [5, 5.41) is 3.06. The molecule has 17 heavy (non-hydrogen) atoms. The summed E-state index contributed by atoms with van der Waals surface area (Å²) in [5.74, 6) is 0.396. The summed E-state index contributed by atoms with van der Waals surface area (Å²) >= 11 is 0. The van der Waals surface area contributed by atoms with Gasteiger partial charge in [0, 0.05) is 12.8 Å². The Morgan fingerprint density at radius 1 is 1.12 bits per heavy atom. The van der Waals surface area contributed by atoms with Gasteiger partial charge in [0.25, 0.3) is 0 Å². The van der Waals surface area contributed by atoms with Crippen molar-refractivity contribution >= 4 is 5.78 Å². The molecular formula is C15H23NO. The Morgan fingerprint density at radius 3 is 2.41 bits per heavy atom. The average Bonchev–Trinajstić information content (AvgIpc) is 2.32. The molecular weight excluding hydrogens is 210 g/mol. The van der Waals surface area contributed by atoms with Gasteiger partial charge in [-0.25, -0.2) is 0 Å². The van der Waals surface area contributed by atoms with Crippen LogP contribution < -0.4 is 5.32 Å². The smallest absolute Gasteiger partial charge is 0.132 e. The molecule has 0 radical (unpaired) electrons. The van der Waals surface area contributed by atoms with Gasteiger partial charge in [0.05, 0.1) is 0 Å². The highest BCUT2D eigenvalue weighted by atomic mass is 16.1. The maximum atomic E-state index is 11.5. The van der Waals surface area contributed by atoms with Gasteiger partial charge in [-0.05, 0) is 45.3 Å². The fourth-order valence-corrected chi connectivity index (χ4v) is 1.83. The van der Waals surface area contributed by atoms with E-state index in [-0.39, 0.29) is 0 Å². The molecule has 1 aromatic carbocycles. The lowest BCUT2D eigenvalue weighted by molar-refractivity contribution is -0.119. The number of Topliss-reactive ketones (excluding diaryl/α,β-unsaturated/α-hetero) is 1. The van der Waals surface area contributed by atoms with Crippen LogP contribution in [0.15, 0.2) is 24.3 Å². The highest BCUT2D eigenvalue weighted by molar-refractivity contribution is 5.78. The molecule has 0 aromatic heterocycles. The van der Waals surface area contributed by atoms with Crippen molar-refractivity contribution in [2.24, 2.45) is 0 Å². The van der Waals surface area contributed by atoms with Crippen molar-refractivity contribution in [3.63, 3.8) is 0 Å². The molecule has 0 unspecified atom stereocenters. The summed E-state index contributed by atoms with van der Waals surface area (Å²) in [6.45, 7) is 3.03. The van der Waals surface area contributed by atoms with E-state index in [0.717, 1.165) is 38.6 Å². The van der Waals surface area contributed by atoms with E-state index in [1.165, 1.54) is 11.1 Å². The SMILES string of the molecule is CNCCCC(=O)CCCc1ccc(C)cc1. The summed E-state index contributed by atoms with van der Waals surface area (Å²) in [6, 6.07) is 8.57. The first kappa shape index (κ1) is 13.9. The maximum absolute atomic E-state index is 11.5. The van der Waals surface area contributed by atoms with Crippen LogP contribution in [0.1, 0.15) is 36.8 Å². The summed E-state index contributed by atoms with van der Waals surface area (Å²) in [4.78, 5) is 11.5. The van der Waals surface area contributed by atoms with Gasteiger partial charge in [-0.1, -0.05) is 29.8 Å². The van der Waals surface area contributed by atoms with Gasteiger partial charge >= 0.3 is 0 Å². The zero-order valence-electron chi connectivity index (χ0n) is 11.0. The minimum atomic E-state index is 0.396. The Bertz CT molecular complexity index is 329. The van der Waals surface area contributed by atoms with Gasteiger partial charge in [-0.15, -0.1) is 0 Å². The van der Waals surface area contributed by atoms with Crippen molar-refractivity contribution in [1.29, 1.82) is 0 Å². The molecule has 2 heteroatoms. The number of hydrogen-bond donors (Lipinski definition) is 1. The van der Waals surface area contributed by atoms with Crippen molar-refractivity contribution in [2.45, 2.75) is 39.0 Å². The van der Waals surface area contributed by atoms with E-state index in [1.807, 2.05) is 7.05 Å². The van der Waals surface area contributed by atoms with Crippen molar-refractivity contribution < 1.29 is 4.79 Å². The first-order valence-electron chi connectivity index (χ1n) is 6.44. The van der Waals surface area contributed by atoms with Crippen LogP contribution in [0.4, 0.5) is 0 Å². The van der Waals surface area contributed by atoms with E-state index in [0.29, 0.717) is 5.78 Å². The van der Waals surface area contributed by atoms with E-state index >= 15 is 0 Å². The van der Waals surface area contributed by atoms with Crippen LogP contribution in [0.2, 0.25) is 0 Å². The number of benzene rings is 1. The Labute approximate surface area is 104 Å². The average molecular weight is 233 g/mol. The van der Waals surface area contributed by atoms with E-state index in [1.54, 1.807) is 0 Å². The topological polar surface area (TPSA) is 29.1 Å². The number of aryl methyl sites for hydroxylation is 2. The standard InChI is InChI=1S/C15H23NO/c1-13-8-10-14(11-9-13)5-3-6-15(17)7-4-12-16-2/h8-11,16H,3-7,12H2,1-2H3. The second-order valence-electron chi connectivity index (χ2n) is 4.58. The molecule has 0 saturated heterocycles. The lowest BCUT2D eigenvalue weighted by atomic mass is 10.0. The molecule has 1 aromatic rings. The predicted molar refractivity (Wildman–Crippen MR) is 72.3 cm³/mol. The second kappa shape index (κ2) is 8.02. The first-order chi connectivity index (χ1) is 8.22. The van der Waals surface area contributed by atoms with Crippen molar-refractivity contribution in [3.8, 4) is 0 Å². The van der Waals surface area contributed by atoms with Gasteiger partial charge in [0.1, 0.15) is 5.78 Å². The van der Waals surface area contributed by atoms with Crippen LogP contribution in [-0.2, 0) is 11.2 Å². The van der Waals surface area contributed by atoms with Gasteiger partial charge in [0.15, 0.2) is 0 Å². The minimum Gasteiger partial charge on any atom is -0.320 e. The maximum Gasteiger partial charge on any atom is 0.132 e. The van der Waals surface area contributed by atoms with Crippen molar-refractivity contribution in [1.82, 2.24) is 5.32 Å². The summed E-state index contributed by atoms with van der Waals surface area (Å²) in [5.41, 5.74) is 2.62. The van der Waals surface area contributed by atoms with Crippen LogP contribution >= 0.6 is 0 Å². The molecule has 0 saturated carbocycles. The second-order valence-corrected chi connectivity index (χ2v) is 4.58. The molecule has 1 N–H and O–H groups in total. The number of rotatable bonds is 8. The zero-order chi connectivity index (χ0) is 12.5. The Hall–Kier alpha value is -1.15. The van der Waals surface area contributed by atoms with Crippen LogP contribution in [-0.4, -0.2) is 19.4 Å². The number of ketones is 1. The molecule has 0 aliphatic heterocycles. The summed E-state index contributed by atoms with van der Waals surface area (Å²) in [7, 11) is 1.92. The lowest BCUT2D eigenvalue weighted by Gasteiger charge is -2.02. The van der Waals surface area contributed by atoms with E-state index < -0.39 is 0 Å². The third-order valence-electron chi connectivity index (χ3n) is 2.92. The summed E-state index contributed by atoms with van der Waals surface area (Å²) in [6.07, 6.45) is 4.38. The zero-order valence-corrected chi connectivity index (χ0v) is 11.0. The monoisotopic (exact) mass is 233 g/mol. The lowest BCUT2D eigenvalue weighted by Crippen LogP contribution is -2.09. The van der Waals surface area contributed by atoms with Crippen molar-refractivity contribution in [2.75, 3.05) is 13.6 Å². The van der Waals surface area contributed by atoms with Gasteiger partial charge < -0.3 is 5.32 Å². The van der Waals surface area contributed by atoms with Crippen LogP contribution in [0.3, 0.4) is 0 Å². The highest BCUT2D eigenvalue weighted by Gasteiger charge is 2.01. The van der Waals surface area contributed by atoms with E-state index in [4.69, 9.17) is 0 Å². The highest BCUT2D eigenvalue weighted by Crippen LogP contribution is 2.08. The Morgan fingerprint density at radius 2 is 1.76 bits per heavy atom.